The molecule has 1 aromatic rings. The third-order valence-corrected chi connectivity index (χ3v) is 5.96. The van der Waals surface area contributed by atoms with Crippen molar-refractivity contribution in [3.63, 3.8) is 0 Å². The maximum atomic E-state index is 9.60. The SMILES string of the molecule is CCCCCCC#Cc1ccc(C2CC3C(O)[C@@H]3C2)s1. The number of fused-ring (bicyclic) bond motifs is 1. The van der Waals surface area contributed by atoms with Crippen LogP contribution < -0.4 is 0 Å². The van der Waals surface area contributed by atoms with Crippen LogP contribution in [0, 0.1) is 23.7 Å². The second-order valence-corrected chi connectivity index (χ2v) is 7.42. The molecule has 3 rings (SSSR count). The smallest absolute Gasteiger partial charge is 0.0771 e. The van der Waals surface area contributed by atoms with Crippen molar-refractivity contribution in [1.29, 1.82) is 0 Å². The molecule has 2 aliphatic carbocycles. The molecule has 1 N–H and O–H groups in total. The van der Waals surface area contributed by atoms with E-state index in [2.05, 4.69) is 30.9 Å². The molecule has 108 valence electrons. The highest BCUT2D eigenvalue weighted by Crippen LogP contribution is 2.58. The second kappa shape index (κ2) is 6.33. The molecule has 1 aromatic heterocycles. The zero-order valence-electron chi connectivity index (χ0n) is 12.3. The molecule has 0 amide bonds. The molecular weight excluding hydrogens is 264 g/mol. The van der Waals surface area contributed by atoms with Crippen LogP contribution in [0.1, 0.15) is 67.5 Å². The molecule has 0 radical (unpaired) electrons. The molecule has 1 heterocycles. The molecular formula is C18H24OS. The van der Waals surface area contributed by atoms with Gasteiger partial charge < -0.3 is 5.11 Å². The van der Waals surface area contributed by atoms with E-state index in [0.29, 0.717) is 17.8 Å². The fourth-order valence-corrected chi connectivity index (χ4v) is 4.48. The van der Waals surface area contributed by atoms with Crippen LogP contribution in [-0.4, -0.2) is 11.2 Å². The Balaban J connectivity index is 1.47. The van der Waals surface area contributed by atoms with Crippen molar-refractivity contribution in [1.82, 2.24) is 0 Å². The lowest BCUT2D eigenvalue weighted by atomic mass is 10.0. The van der Waals surface area contributed by atoms with Crippen molar-refractivity contribution in [3.8, 4) is 11.8 Å². The Hall–Kier alpha value is -0.780. The molecule has 4 atom stereocenters. The van der Waals surface area contributed by atoms with Gasteiger partial charge in [0.05, 0.1) is 11.0 Å². The number of thiophene rings is 1. The van der Waals surface area contributed by atoms with Crippen LogP contribution in [0.4, 0.5) is 0 Å². The first kappa shape index (κ1) is 14.2. The summed E-state index contributed by atoms with van der Waals surface area (Å²) >= 11 is 1.87. The van der Waals surface area contributed by atoms with Gasteiger partial charge in [-0.25, -0.2) is 0 Å². The summed E-state index contributed by atoms with van der Waals surface area (Å²) in [6.07, 6.45) is 8.62. The van der Waals surface area contributed by atoms with E-state index in [1.807, 2.05) is 11.3 Å². The third-order valence-electron chi connectivity index (χ3n) is 4.80. The number of rotatable bonds is 5. The Kier molecular flexibility index (Phi) is 4.48. The fourth-order valence-electron chi connectivity index (χ4n) is 3.47. The van der Waals surface area contributed by atoms with Crippen molar-refractivity contribution in [2.75, 3.05) is 0 Å². The van der Waals surface area contributed by atoms with E-state index in [1.165, 1.54) is 48.3 Å². The first-order valence-corrected chi connectivity index (χ1v) is 8.88. The quantitative estimate of drug-likeness (QED) is 0.622. The van der Waals surface area contributed by atoms with Gasteiger partial charge in [0.25, 0.3) is 0 Å². The number of aliphatic hydroxyl groups is 1. The van der Waals surface area contributed by atoms with Gasteiger partial charge in [0.2, 0.25) is 0 Å². The average Bonchev–Trinajstić information content (AvgIpc) is 2.91. The Labute approximate surface area is 126 Å². The van der Waals surface area contributed by atoms with Crippen LogP contribution in [0.15, 0.2) is 12.1 Å². The van der Waals surface area contributed by atoms with Crippen molar-refractivity contribution in [3.05, 3.63) is 21.9 Å². The highest BCUT2D eigenvalue weighted by molar-refractivity contribution is 7.12. The van der Waals surface area contributed by atoms with Gasteiger partial charge in [0.15, 0.2) is 0 Å². The maximum absolute atomic E-state index is 9.60. The number of unbranched alkanes of at least 4 members (excludes halogenated alkanes) is 4. The predicted octanol–water partition coefficient (Wildman–Crippen LogP) is 4.55. The molecule has 0 aliphatic heterocycles. The first-order valence-electron chi connectivity index (χ1n) is 8.06. The summed E-state index contributed by atoms with van der Waals surface area (Å²) in [7, 11) is 0. The van der Waals surface area contributed by atoms with Gasteiger partial charge in [-0.15, -0.1) is 11.3 Å². The van der Waals surface area contributed by atoms with Crippen molar-refractivity contribution in [2.24, 2.45) is 11.8 Å². The summed E-state index contributed by atoms with van der Waals surface area (Å²) in [6.45, 7) is 2.24. The van der Waals surface area contributed by atoms with Gasteiger partial charge in [-0.1, -0.05) is 38.0 Å². The van der Waals surface area contributed by atoms with E-state index >= 15 is 0 Å². The van der Waals surface area contributed by atoms with E-state index in [0.717, 1.165) is 6.42 Å². The molecule has 0 spiro atoms. The van der Waals surface area contributed by atoms with Crippen LogP contribution in [0.3, 0.4) is 0 Å². The molecule has 20 heavy (non-hydrogen) atoms. The van der Waals surface area contributed by atoms with Gasteiger partial charge in [-0.3, -0.25) is 0 Å². The van der Waals surface area contributed by atoms with Crippen LogP contribution in [0.25, 0.3) is 0 Å². The minimum absolute atomic E-state index is 0.0218. The lowest BCUT2D eigenvalue weighted by molar-refractivity contribution is 0.229. The molecule has 2 aliphatic rings. The van der Waals surface area contributed by atoms with E-state index in [9.17, 15) is 5.11 Å². The Bertz CT molecular complexity index is 495. The minimum atomic E-state index is 0.0218. The highest BCUT2D eigenvalue weighted by atomic mass is 32.1. The first-order chi connectivity index (χ1) is 9.79. The summed E-state index contributed by atoms with van der Waals surface area (Å²) in [5.41, 5.74) is 0. The molecule has 2 heteroatoms. The zero-order chi connectivity index (χ0) is 13.9. The minimum Gasteiger partial charge on any atom is -0.393 e. The molecule has 3 unspecified atom stereocenters. The van der Waals surface area contributed by atoms with Gasteiger partial charge in [-0.05, 0) is 49.1 Å². The fraction of sp³-hybridized carbons (Fsp3) is 0.667. The number of hydrogen-bond acceptors (Lipinski definition) is 2. The molecule has 2 saturated carbocycles. The van der Waals surface area contributed by atoms with Gasteiger partial charge in [0, 0.05) is 11.3 Å². The summed E-state index contributed by atoms with van der Waals surface area (Å²) in [6, 6.07) is 4.44. The summed E-state index contributed by atoms with van der Waals surface area (Å²) in [5.74, 6) is 8.53. The molecule has 2 fully saturated rings. The lowest BCUT2D eigenvalue weighted by Gasteiger charge is -2.09. The molecule has 0 aromatic carbocycles. The Morgan fingerprint density at radius 1 is 1.20 bits per heavy atom. The van der Waals surface area contributed by atoms with Gasteiger partial charge >= 0.3 is 0 Å². The van der Waals surface area contributed by atoms with E-state index in [1.54, 1.807) is 0 Å². The van der Waals surface area contributed by atoms with Crippen LogP contribution >= 0.6 is 11.3 Å². The normalized spacial score (nSPS) is 30.7. The molecule has 0 bridgehead atoms. The molecule has 1 nitrogen and oxygen atoms in total. The average molecular weight is 288 g/mol. The van der Waals surface area contributed by atoms with E-state index in [4.69, 9.17) is 0 Å². The third kappa shape index (κ3) is 3.10. The van der Waals surface area contributed by atoms with Gasteiger partial charge in [0.1, 0.15) is 0 Å². The largest absolute Gasteiger partial charge is 0.393 e. The van der Waals surface area contributed by atoms with Crippen LogP contribution in [0.2, 0.25) is 0 Å². The van der Waals surface area contributed by atoms with Gasteiger partial charge in [-0.2, -0.15) is 0 Å². The van der Waals surface area contributed by atoms with Crippen molar-refractivity contribution >= 4 is 11.3 Å². The molecule has 0 saturated heterocycles. The van der Waals surface area contributed by atoms with Crippen molar-refractivity contribution in [2.45, 2.75) is 63.9 Å². The predicted molar refractivity (Wildman–Crippen MR) is 84.9 cm³/mol. The summed E-state index contributed by atoms with van der Waals surface area (Å²) < 4.78 is 0. The Morgan fingerprint density at radius 3 is 2.75 bits per heavy atom. The summed E-state index contributed by atoms with van der Waals surface area (Å²) in [4.78, 5) is 2.70. The standard InChI is InChI=1S/C18H24OS/c1-2-3-4-5-6-7-8-14-9-10-17(20-14)13-11-15-16(12-13)18(15)19/h9-10,13,15-16,18-19H,2-6,11-12H2,1H3/t13?,15-,16?,18?/m1/s1. The topological polar surface area (TPSA) is 20.2 Å². The lowest BCUT2D eigenvalue weighted by Crippen LogP contribution is -1.99. The van der Waals surface area contributed by atoms with E-state index in [-0.39, 0.29) is 6.10 Å². The van der Waals surface area contributed by atoms with Crippen molar-refractivity contribution < 1.29 is 5.11 Å². The number of hydrogen-bond donors (Lipinski definition) is 1. The number of aliphatic hydroxyl groups excluding tert-OH is 1. The summed E-state index contributed by atoms with van der Waals surface area (Å²) in [5, 5.41) is 9.60. The van der Waals surface area contributed by atoms with Crippen LogP contribution in [0.5, 0.6) is 0 Å². The maximum Gasteiger partial charge on any atom is 0.0771 e. The van der Waals surface area contributed by atoms with Crippen LogP contribution in [-0.2, 0) is 0 Å². The monoisotopic (exact) mass is 288 g/mol. The Morgan fingerprint density at radius 2 is 2.00 bits per heavy atom. The van der Waals surface area contributed by atoms with E-state index < -0.39 is 0 Å². The highest BCUT2D eigenvalue weighted by Gasteiger charge is 2.55. The zero-order valence-corrected chi connectivity index (χ0v) is 13.1. The second-order valence-electron chi connectivity index (χ2n) is 6.30.